The predicted octanol–water partition coefficient (Wildman–Crippen LogP) is 3.91. The van der Waals surface area contributed by atoms with Gasteiger partial charge in [0.1, 0.15) is 28.8 Å². The van der Waals surface area contributed by atoms with Crippen LogP contribution in [0.5, 0.6) is 0 Å². The lowest BCUT2D eigenvalue weighted by Crippen LogP contribution is -2.52. The van der Waals surface area contributed by atoms with Crippen molar-refractivity contribution in [3.05, 3.63) is 101 Å². The highest BCUT2D eigenvalue weighted by atomic mass is 16.3. The lowest BCUT2D eigenvalue weighted by Gasteiger charge is -2.38. The van der Waals surface area contributed by atoms with Crippen molar-refractivity contribution in [1.82, 2.24) is 30.5 Å². The van der Waals surface area contributed by atoms with Crippen LogP contribution in [0.15, 0.2) is 73.4 Å². The first kappa shape index (κ1) is 36.6. The third kappa shape index (κ3) is 7.01. The van der Waals surface area contributed by atoms with Crippen molar-refractivity contribution in [1.29, 1.82) is 0 Å². The van der Waals surface area contributed by atoms with Gasteiger partial charge in [0.25, 0.3) is 11.8 Å². The van der Waals surface area contributed by atoms with Gasteiger partial charge < -0.3 is 35.8 Å². The van der Waals surface area contributed by atoms with Crippen LogP contribution in [-0.4, -0.2) is 87.4 Å². The summed E-state index contributed by atoms with van der Waals surface area (Å²) in [5.74, 6) is -0.243. The summed E-state index contributed by atoms with van der Waals surface area (Å²) in [6.07, 6.45) is 5.54. The standard InChI is InChI=1S/C41H44N10O5/c1-3-18-42-37(53)29-23-43-40(48-36(29)46-33-14-8-25-16-17-41(56,4-2)35(25)45-33)44-26-9-11-27(12-10-26)49-19-21-50(22-20-49)31-7-5-6-28-30(31)24-51(39(28)55)32-13-15-34(52)47-38(32)54/h3,5-12,14,23,32,56H,1,4,13,15-22,24H2,2H3,(H,42,53)(H,47,52,54)(H2,43,44,45,46,48)/t32?,41-/m1/s1. The van der Waals surface area contributed by atoms with Crippen molar-refractivity contribution >= 4 is 58.3 Å². The summed E-state index contributed by atoms with van der Waals surface area (Å²) in [5.41, 5.74) is 5.25. The van der Waals surface area contributed by atoms with Gasteiger partial charge in [-0.1, -0.05) is 25.1 Å². The van der Waals surface area contributed by atoms with Gasteiger partial charge in [0.15, 0.2) is 0 Å². The first-order valence-electron chi connectivity index (χ1n) is 19.0. The van der Waals surface area contributed by atoms with Crippen LogP contribution in [-0.2, 0) is 28.2 Å². The molecule has 4 amide bonds. The third-order valence-corrected chi connectivity index (χ3v) is 11.2. The fourth-order valence-electron chi connectivity index (χ4n) is 8.01. The molecule has 5 N–H and O–H groups in total. The molecule has 288 valence electrons. The first-order valence-corrected chi connectivity index (χ1v) is 19.0. The van der Waals surface area contributed by atoms with Crippen LogP contribution < -0.4 is 31.1 Å². The molecule has 5 heterocycles. The van der Waals surface area contributed by atoms with Gasteiger partial charge in [0, 0.05) is 80.1 Å². The smallest absolute Gasteiger partial charge is 0.256 e. The van der Waals surface area contributed by atoms with Gasteiger partial charge in [-0.3, -0.25) is 24.5 Å². The second kappa shape index (κ2) is 15.1. The number of nitrogens with zero attached hydrogens (tertiary/aromatic N) is 6. The van der Waals surface area contributed by atoms with E-state index in [4.69, 9.17) is 4.98 Å². The number of piperidine rings is 1. The number of nitrogens with one attached hydrogen (secondary N) is 4. The molecule has 4 aliphatic rings. The second-order valence-corrected chi connectivity index (χ2v) is 14.5. The van der Waals surface area contributed by atoms with Crippen molar-refractivity contribution in [3.8, 4) is 0 Å². The number of carbonyl (C=O) groups is 4. The highest BCUT2D eigenvalue weighted by Crippen LogP contribution is 2.39. The molecule has 56 heavy (non-hydrogen) atoms. The molecule has 0 saturated carbocycles. The zero-order valence-electron chi connectivity index (χ0n) is 31.2. The molecule has 0 bridgehead atoms. The zero-order valence-corrected chi connectivity index (χ0v) is 31.2. The van der Waals surface area contributed by atoms with E-state index >= 15 is 0 Å². The molecule has 0 spiro atoms. The van der Waals surface area contributed by atoms with Gasteiger partial charge in [-0.25, -0.2) is 9.97 Å². The molecule has 2 aromatic heterocycles. The predicted molar refractivity (Wildman–Crippen MR) is 211 cm³/mol. The lowest BCUT2D eigenvalue weighted by atomic mass is 9.98. The second-order valence-electron chi connectivity index (χ2n) is 14.5. The van der Waals surface area contributed by atoms with E-state index in [1.807, 2.05) is 61.5 Å². The number of anilines is 6. The number of imide groups is 1. The van der Waals surface area contributed by atoms with E-state index in [1.54, 1.807) is 11.0 Å². The topological polar surface area (TPSA) is 185 Å². The average Bonchev–Trinajstić information content (AvgIpc) is 3.73. The van der Waals surface area contributed by atoms with Crippen molar-refractivity contribution in [2.24, 2.45) is 0 Å². The summed E-state index contributed by atoms with van der Waals surface area (Å²) < 4.78 is 0. The largest absolute Gasteiger partial charge is 0.384 e. The molecule has 15 nitrogen and oxygen atoms in total. The van der Waals surface area contributed by atoms with Gasteiger partial charge in [-0.15, -0.1) is 6.58 Å². The van der Waals surface area contributed by atoms with Gasteiger partial charge >= 0.3 is 0 Å². The number of amides is 4. The van der Waals surface area contributed by atoms with E-state index in [-0.39, 0.29) is 48.0 Å². The van der Waals surface area contributed by atoms with E-state index in [0.29, 0.717) is 42.9 Å². The molecule has 0 radical (unpaired) electrons. The van der Waals surface area contributed by atoms with E-state index in [9.17, 15) is 24.3 Å². The number of aromatic nitrogens is 3. The van der Waals surface area contributed by atoms with Gasteiger partial charge in [0.05, 0.1) is 5.69 Å². The maximum Gasteiger partial charge on any atom is 0.256 e. The van der Waals surface area contributed by atoms with Crippen LogP contribution >= 0.6 is 0 Å². The normalized spacial score (nSPS) is 20.4. The molecule has 1 unspecified atom stereocenters. The highest BCUT2D eigenvalue weighted by molar-refractivity contribution is 6.06. The Kier molecular flexibility index (Phi) is 9.85. The quantitative estimate of drug-likeness (QED) is 0.110. The number of hydrogen-bond acceptors (Lipinski definition) is 12. The summed E-state index contributed by atoms with van der Waals surface area (Å²) in [6, 6.07) is 16.8. The Labute approximate surface area is 324 Å². The minimum absolute atomic E-state index is 0.173. The maximum absolute atomic E-state index is 13.4. The summed E-state index contributed by atoms with van der Waals surface area (Å²) in [6.45, 7) is 9.26. The molecule has 1 aliphatic carbocycles. The fraction of sp³-hybridized carbons (Fsp3) is 0.341. The van der Waals surface area contributed by atoms with E-state index in [0.717, 1.165) is 60.8 Å². The Morgan fingerprint density at radius 3 is 2.54 bits per heavy atom. The van der Waals surface area contributed by atoms with Crippen molar-refractivity contribution in [3.63, 3.8) is 0 Å². The number of pyridine rings is 1. The fourth-order valence-corrected chi connectivity index (χ4v) is 8.01. The van der Waals surface area contributed by atoms with Gasteiger partial charge in [-0.2, -0.15) is 4.98 Å². The number of piperazine rings is 1. The molecule has 15 heteroatoms. The van der Waals surface area contributed by atoms with Crippen molar-refractivity contribution < 1.29 is 24.3 Å². The van der Waals surface area contributed by atoms with Crippen molar-refractivity contribution in [2.45, 2.75) is 57.2 Å². The maximum atomic E-state index is 13.4. The van der Waals surface area contributed by atoms with Gasteiger partial charge in [-0.05, 0) is 73.7 Å². The molecular formula is C41H44N10O5. The summed E-state index contributed by atoms with van der Waals surface area (Å²) in [4.78, 5) is 70.7. The Morgan fingerprint density at radius 2 is 1.79 bits per heavy atom. The number of hydrogen-bond donors (Lipinski definition) is 5. The third-order valence-electron chi connectivity index (χ3n) is 11.2. The van der Waals surface area contributed by atoms with Crippen LogP contribution in [0.2, 0.25) is 0 Å². The average molecular weight is 757 g/mol. The SMILES string of the molecule is C=CCNC(=O)c1cnc(Nc2ccc(N3CCN(c4cccc5c4CN(C4CCC(=O)NC4=O)C5=O)CC3)cc2)nc1Nc1ccc2c(n1)[C@@](O)(CC)CC2. The van der Waals surface area contributed by atoms with E-state index in [1.165, 1.54) is 6.20 Å². The van der Waals surface area contributed by atoms with Gasteiger partial charge in [0.2, 0.25) is 17.8 Å². The Morgan fingerprint density at radius 1 is 1.00 bits per heavy atom. The number of aryl methyl sites for hydroxylation is 1. The Hall–Kier alpha value is -6.35. The monoisotopic (exact) mass is 756 g/mol. The number of benzene rings is 2. The number of aliphatic hydroxyl groups is 1. The Balaban J connectivity index is 0.931. The first-order chi connectivity index (χ1) is 27.1. The van der Waals surface area contributed by atoms with Crippen LogP contribution in [0.1, 0.15) is 70.1 Å². The van der Waals surface area contributed by atoms with E-state index in [2.05, 4.69) is 47.6 Å². The highest BCUT2D eigenvalue weighted by Gasteiger charge is 2.41. The zero-order chi connectivity index (χ0) is 39.0. The molecule has 2 atom stereocenters. The number of rotatable bonds is 11. The lowest BCUT2D eigenvalue weighted by molar-refractivity contribution is -0.136. The molecule has 2 fully saturated rings. The molecule has 8 rings (SSSR count). The molecule has 4 aromatic rings. The van der Waals surface area contributed by atoms with Crippen LogP contribution in [0, 0.1) is 0 Å². The van der Waals surface area contributed by atoms with Crippen molar-refractivity contribution in [2.75, 3.05) is 53.2 Å². The molecule has 3 aliphatic heterocycles. The minimum atomic E-state index is -0.984. The summed E-state index contributed by atoms with van der Waals surface area (Å²) in [5, 5.41) is 22.7. The molecular weight excluding hydrogens is 713 g/mol. The number of fused-ring (bicyclic) bond motifs is 2. The Bertz CT molecular complexity index is 2220. The van der Waals surface area contributed by atoms with Crippen LogP contribution in [0.25, 0.3) is 0 Å². The molecule has 2 aromatic carbocycles. The minimum Gasteiger partial charge on any atom is -0.384 e. The van der Waals surface area contributed by atoms with E-state index < -0.39 is 17.6 Å². The summed E-state index contributed by atoms with van der Waals surface area (Å²) in [7, 11) is 0. The summed E-state index contributed by atoms with van der Waals surface area (Å²) >= 11 is 0. The molecule has 2 saturated heterocycles. The number of carbonyl (C=O) groups excluding carboxylic acids is 4. The van der Waals surface area contributed by atoms with Crippen LogP contribution in [0.4, 0.5) is 34.6 Å². The van der Waals surface area contributed by atoms with Crippen LogP contribution in [0.3, 0.4) is 0 Å².